The first kappa shape index (κ1) is 22.6. The normalized spacial score (nSPS) is 20.5. The van der Waals surface area contributed by atoms with Gasteiger partial charge < -0.3 is 15.5 Å². The van der Waals surface area contributed by atoms with Crippen molar-refractivity contribution in [2.75, 3.05) is 29.9 Å². The number of halogens is 2. The molecule has 1 aliphatic heterocycles. The Bertz CT molecular complexity index is 932. The molecule has 0 spiro atoms. The monoisotopic (exact) mass is 477 g/mol. The molecule has 2 aromatic rings. The van der Waals surface area contributed by atoms with Crippen molar-refractivity contribution in [3.05, 3.63) is 46.1 Å². The smallest absolute Gasteiger partial charge is 0.232 e. The quantitative estimate of drug-likeness (QED) is 0.417. The molecule has 2 fully saturated rings. The summed E-state index contributed by atoms with van der Waals surface area (Å²) in [7, 11) is 0. The Hall–Kier alpha value is -1.63. The number of thiocarbonyl (C=S) groups is 1. The summed E-state index contributed by atoms with van der Waals surface area (Å²) in [4.78, 5) is 11.3. The summed E-state index contributed by atoms with van der Waals surface area (Å²) >= 11 is 18.1. The summed E-state index contributed by atoms with van der Waals surface area (Å²) in [6.07, 6.45) is 7.08. The van der Waals surface area contributed by atoms with E-state index in [1.807, 2.05) is 18.2 Å². The van der Waals surface area contributed by atoms with Gasteiger partial charge in [0.15, 0.2) is 5.11 Å². The predicted octanol–water partition coefficient (Wildman–Crippen LogP) is 5.82. The Balaban J connectivity index is 1.42. The zero-order valence-corrected chi connectivity index (χ0v) is 20.2. The fourth-order valence-electron chi connectivity index (χ4n) is 4.85. The van der Waals surface area contributed by atoms with Crippen LogP contribution in [-0.4, -0.2) is 34.7 Å². The Labute approximate surface area is 199 Å². The van der Waals surface area contributed by atoms with Crippen LogP contribution in [0.5, 0.6) is 0 Å². The predicted molar refractivity (Wildman–Crippen MR) is 133 cm³/mol. The number of hydrogen-bond acceptors (Lipinski definition) is 4. The van der Waals surface area contributed by atoms with Crippen molar-refractivity contribution in [1.29, 1.82) is 0 Å². The summed E-state index contributed by atoms with van der Waals surface area (Å²) in [6.45, 7) is 4.99. The van der Waals surface area contributed by atoms with Crippen LogP contribution in [0.4, 0.5) is 11.8 Å². The highest BCUT2D eigenvalue weighted by atomic mass is 35.5. The SMILES string of the molecule is C[C@H]1CCCN(c2cc(Cl)nc(NC(=S)NCC3(c4cccc(Cl)c4)CCCC3)n2)C1. The van der Waals surface area contributed by atoms with E-state index < -0.39 is 0 Å². The molecule has 1 aromatic carbocycles. The Morgan fingerprint density at radius 2 is 2.00 bits per heavy atom. The van der Waals surface area contributed by atoms with Gasteiger partial charge in [0.25, 0.3) is 0 Å². The lowest BCUT2D eigenvalue weighted by molar-refractivity contribution is 0.435. The highest BCUT2D eigenvalue weighted by Gasteiger charge is 2.35. The third-order valence-electron chi connectivity index (χ3n) is 6.47. The van der Waals surface area contributed by atoms with Gasteiger partial charge in [-0.05, 0) is 61.5 Å². The van der Waals surface area contributed by atoms with Crippen molar-refractivity contribution < 1.29 is 0 Å². The van der Waals surface area contributed by atoms with Crippen molar-refractivity contribution in [1.82, 2.24) is 15.3 Å². The van der Waals surface area contributed by atoms with E-state index in [1.165, 1.54) is 24.8 Å². The van der Waals surface area contributed by atoms with E-state index in [1.54, 1.807) is 0 Å². The number of nitrogens with one attached hydrogen (secondary N) is 2. The van der Waals surface area contributed by atoms with Gasteiger partial charge in [-0.3, -0.25) is 0 Å². The highest BCUT2D eigenvalue weighted by Crippen LogP contribution is 2.41. The minimum atomic E-state index is 0.0426. The van der Waals surface area contributed by atoms with Gasteiger partial charge in [0.1, 0.15) is 11.0 Å². The van der Waals surface area contributed by atoms with Crippen LogP contribution >= 0.6 is 35.4 Å². The largest absolute Gasteiger partial charge is 0.361 e. The van der Waals surface area contributed by atoms with Gasteiger partial charge in [0.2, 0.25) is 5.95 Å². The molecule has 1 atom stereocenters. The van der Waals surface area contributed by atoms with E-state index in [4.69, 9.17) is 35.4 Å². The van der Waals surface area contributed by atoms with Gasteiger partial charge >= 0.3 is 0 Å². The van der Waals surface area contributed by atoms with Crippen LogP contribution in [0.2, 0.25) is 10.2 Å². The molecule has 1 aliphatic carbocycles. The third kappa shape index (κ3) is 5.60. The van der Waals surface area contributed by atoms with Crippen molar-refractivity contribution in [3.63, 3.8) is 0 Å². The lowest BCUT2D eigenvalue weighted by atomic mass is 9.79. The molecule has 0 bridgehead atoms. The molecule has 2 N–H and O–H groups in total. The third-order valence-corrected chi connectivity index (χ3v) is 7.15. The topological polar surface area (TPSA) is 53.1 Å². The maximum atomic E-state index is 6.29. The zero-order valence-electron chi connectivity index (χ0n) is 17.8. The molecule has 166 valence electrons. The van der Waals surface area contributed by atoms with Crippen LogP contribution in [0.25, 0.3) is 0 Å². The summed E-state index contributed by atoms with van der Waals surface area (Å²) in [5.41, 5.74) is 1.31. The maximum absolute atomic E-state index is 6.29. The fraction of sp³-hybridized carbons (Fsp3) is 0.522. The molecule has 31 heavy (non-hydrogen) atoms. The molecule has 1 aromatic heterocycles. The number of anilines is 2. The number of benzene rings is 1. The maximum Gasteiger partial charge on any atom is 0.232 e. The summed E-state index contributed by atoms with van der Waals surface area (Å²) in [6, 6.07) is 10.0. The molecule has 2 aliphatic rings. The minimum absolute atomic E-state index is 0.0426. The van der Waals surface area contributed by atoms with Crippen LogP contribution in [0.1, 0.15) is 51.0 Å². The summed E-state index contributed by atoms with van der Waals surface area (Å²) in [5.74, 6) is 1.93. The number of nitrogens with zero attached hydrogens (tertiary/aromatic N) is 3. The molecule has 1 saturated heterocycles. The first-order valence-corrected chi connectivity index (χ1v) is 12.2. The van der Waals surface area contributed by atoms with Crippen molar-refractivity contribution >= 4 is 52.3 Å². The van der Waals surface area contributed by atoms with E-state index in [2.05, 4.69) is 44.6 Å². The van der Waals surface area contributed by atoms with Crippen LogP contribution < -0.4 is 15.5 Å². The second-order valence-electron chi connectivity index (χ2n) is 8.87. The van der Waals surface area contributed by atoms with Gasteiger partial charge in [0.05, 0.1) is 0 Å². The number of aromatic nitrogens is 2. The Kier molecular flexibility index (Phi) is 7.19. The Morgan fingerprint density at radius 3 is 2.74 bits per heavy atom. The molecule has 8 heteroatoms. The van der Waals surface area contributed by atoms with Gasteiger partial charge in [-0.25, -0.2) is 4.98 Å². The zero-order chi connectivity index (χ0) is 21.8. The van der Waals surface area contributed by atoms with Crippen molar-refractivity contribution in [2.24, 2.45) is 5.92 Å². The average molecular weight is 478 g/mol. The van der Waals surface area contributed by atoms with E-state index in [0.717, 1.165) is 49.7 Å². The second-order valence-corrected chi connectivity index (χ2v) is 10.1. The molecule has 0 amide bonds. The molecule has 5 nitrogen and oxygen atoms in total. The second kappa shape index (κ2) is 9.88. The van der Waals surface area contributed by atoms with Crippen molar-refractivity contribution in [2.45, 2.75) is 50.9 Å². The first-order chi connectivity index (χ1) is 14.9. The summed E-state index contributed by atoms with van der Waals surface area (Å²) in [5, 5.41) is 8.24. The summed E-state index contributed by atoms with van der Waals surface area (Å²) < 4.78 is 0. The van der Waals surface area contributed by atoms with E-state index in [-0.39, 0.29) is 5.41 Å². The lowest BCUT2D eigenvalue weighted by Crippen LogP contribution is -2.41. The molecular weight excluding hydrogens is 449 g/mol. The molecule has 2 heterocycles. The number of rotatable bonds is 5. The average Bonchev–Trinajstić information content (AvgIpc) is 3.22. The minimum Gasteiger partial charge on any atom is -0.361 e. The van der Waals surface area contributed by atoms with Gasteiger partial charge in [-0.1, -0.05) is 55.1 Å². The van der Waals surface area contributed by atoms with Crippen LogP contribution in [-0.2, 0) is 5.41 Å². The molecule has 0 unspecified atom stereocenters. The number of piperidine rings is 1. The van der Waals surface area contributed by atoms with Crippen molar-refractivity contribution in [3.8, 4) is 0 Å². The fourth-order valence-corrected chi connectivity index (χ4v) is 5.39. The molecular formula is C23H29Cl2N5S. The highest BCUT2D eigenvalue weighted by molar-refractivity contribution is 7.80. The van der Waals surface area contributed by atoms with Crippen LogP contribution in [0, 0.1) is 5.92 Å². The standard InChI is InChI=1S/C23H29Cl2N5S/c1-16-6-5-11-30(14-16)20-13-19(25)27-21(28-20)29-22(31)26-15-23(9-2-3-10-23)17-7-4-8-18(24)12-17/h4,7-8,12-13,16H,2-3,5-6,9-11,14-15H2,1H3,(H2,26,27,28,29,31)/t16-/m0/s1. The van der Waals surface area contributed by atoms with Gasteiger partial charge in [-0.2, -0.15) is 4.98 Å². The van der Waals surface area contributed by atoms with E-state index in [0.29, 0.717) is 22.1 Å². The molecule has 0 radical (unpaired) electrons. The van der Waals surface area contributed by atoms with E-state index >= 15 is 0 Å². The molecule has 4 rings (SSSR count). The number of hydrogen-bond donors (Lipinski definition) is 2. The van der Waals surface area contributed by atoms with Gasteiger partial charge in [-0.15, -0.1) is 0 Å². The Morgan fingerprint density at radius 1 is 1.19 bits per heavy atom. The first-order valence-electron chi connectivity index (χ1n) is 11.0. The van der Waals surface area contributed by atoms with Crippen LogP contribution in [0.15, 0.2) is 30.3 Å². The van der Waals surface area contributed by atoms with E-state index in [9.17, 15) is 0 Å². The molecule has 1 saturated carbocycles. The lowest BCUT2D eigenvalue weighted by Gasteiger charge is -2.32. The van der Waals surface area contributed by atoms with Crippen LogP contribution in [0.3, 0.4) is 0 Å². The van der Waals surface area contributed by atoms with Gasteiger partial charge in [0, 0.05) is 36.1 Å².